The predicted octanol–water partition coefficient (Wildman–Crippen LogP) is 4.71. The highest BCUT2D eigenvalue weighted by atomic mass is 79.9. The van der Waals surface area contributed by atoms with E-state index in [0.29, 0.717) is 12.0 Å². The standard InChI is InChI=1S/C15H24Br2N2O/c1-3-15(4-2)5-7-19(8-6-15)12(10-18)13-9-11(16)14(17)20-13/h9,12H,3-8,10,18H2,1-2H3. The number of hydrogen-bond acceptors (Lipinski definition) is 3. The van der Waals surface area contributed by atoms with Crippen molar-refractivity contribution in [2.24, 2.45) is 11.1 Å². The maximum absolute atomic E-state index is 6.00. The van der Waals surface area contributed by atoms with Crippen molar-refractivity contribution in [3.05, 3.63) is 21.0 Å². The zero-order chi connectivity index (χ0) is 14.8. The second-order valence-electron chi connectivity index (χ2n) is 5.76. The molecule has 0 bridgehead atoms. The summed E-state index contributed by atoms with van der Waals surface area (Å²) < 4.78 is 7.48. The summed E-state index contributed by atoms with van der Waals surface area (Å²) in [6.07, 6.45) is 5.09. The molecule has 1 aliphatic rings. The van der Waals surface area contributed by atoms with Crippen LogP contribution in [0.2, 0.25) is 0 Å². The Morgan fingerprint density at radius 2 is 1.90 bits per heavy atom. The lowest BCUT2D eigenvalue weighted by atomic mass is 9.74. The summed E-state index contributed by atoms with van der Waals surface area (Å²) in [4.78, 5) is 2.47. The molecule has 1 saturated heterocycles. The van der Waals surface area contributed by atoms with E-state index >= 15 is 0 Å². The summed E-state index contributed by atoms with van der Waals surface area (Å²) in [7, 11) is 0. The van der Waals surface area contributed by atoms with Crippen molar-refractivity contribution in [3.8, 4) is 0 Å². The Morgan fingerprint density at radius 1 is 1.30 bits per heavy atom. The molecular weight excluding hydrogens is 384 g/mol. The maximum Gasteiger partial charge on any atom is 0.183 e. The van der Waals surface area contributed by atoms with Gasteiger partial charge in [-0.25, -0.2) is 0 Å². The van der Waals surface area contributed by atoms with Gasteiger partial charge < -0.3 is 10.2 Å². The molecule has 0 aliphatic carbocycles. The number of rotatable bonds is 5. The van der Waals surface area contributed by atoms with Crippen molar-refractivity contribution in [2.45, 2.75) is 45.6 Å². The zero-order valence-electron chi connectivity index (χ0n) is 12.3. The monoisotopic (exact) mass is 406 g/mol. The minimum Gasteiger partial charge on any atom is -0.451 e. The Morgan fingerprint density at radius 3 is 2.30 bits per heavy atom. The van der Waals surface area contributed by atoms with Crippen LogP contribution in [0.1, 0.15) is 51.3 Å². The lowest BCUT2D eigenvalue weighted by molar-refractivity contribution is 0.0608. The van der Waals surface area contributed by atoms with Gasteiger partial charge in [-0.1, -0.05) is 26.7 Å². The second kappa shape index (κ2) is 6.95. The van der Waals surface area contributed by atoms with Crippen molar-refractivity contribution in [2.75, 3.05) is 19.6 Å². The molecule has 1 fully saturated rings. The third kappa shape index (κ3) is 3.32. The molecule has 1 aromatic heterocycles. The fourth-order valence-corrected chi connectivity index (χ4v) is 3.85. The van der Waals surface area contributed by atoms with Crippen LogP contribution in [0.15, 0.2) is 19.6 Å². The van der Waals surface area contributed by atoms with E-state index in [9.17, 15) is 0 Å². The molecular formula is C15H24Br2N2O. The summed E-state index contributed by atoms with van der Waals surface area (Å²) in [6.45, 7) is 7.46. The van der Waals surface area contributed by atoms with Gasteiger partial charge in [-0.15, -0.1) is 0 Å². The van der Waals surface area contributed by atoms with Crippen molar-refractivity contribution in [1.29, 1.82) is 0 Å². The van der Waals surface area contributed by atoms with Gasteiger partial charge in [0, 0.05) is 6.54 Å². The van der Waals surface area contributed by atoms with Gasteiger partial charge in [-0.3, -0.25) is 4.90 Å². The molecule has 0 amide bonds. The molecule has 2 N–H and O–H groups in total. The Hall–Kier alpha value is 0.160. The van der Waals surface area contributed by atoms with Crippen LogP contribution < -0.4 is 5.73 Å². The Balaban J connectivity index is 2.07. The highest BCUT2D eigenvalue weighted by Gasteiger charge is 2.34. The molecule has 2 rings (SSSR count). The molecule has 1 aliphatic heterocycles. The fraction of sp³-hybridized carbons (Fsp3) is 0.733. The molecule has 0 aromatic carbocycles. The average Bonchev–Trinajstić information content (AvgIpc) is 2.80. The van der Waals surface area contributed by atoms with E-state index in [1.54, 1.807) is 0 Å². The molecule has 2 heterocycles. The molecule has 1 aromatic rings. The first-order chi connectivity index (χ1) is 9.55. The van der Waals surface area contributed by atoms with Crippen LogP contribution in [0.25, 0.3) is 0 Å². The predicted molar refractivity (Wildman–Crippen MR) is 89.7 cm³/mol. The molecule has 0 radical (unpaired) electrons. The summed E-state index contributed by atoms with van der Waals surface area (Å²) in [5.74, 6) is 0.951. The van der Waals surface area contributed by atoms with Gasteiger partial charge in [0.25, 0.3) is 0 Å². The lowest BCUT2D eigenvalue weighted by Crippen LogP contribution is -2.43. The van der Waals surface area contributed by atoms with Gasteiger partial charge >= 0.3 is 0 Å². The van der Waals surface area contributed by atoms with Crippen LogP contribution in [0.3, 0.4) is 0 Å². The zero-order valence-corrected chi connectivity index (χ0v) is 15.5. The van der Waals surface area contributed by atoms with Gasteiger partial charge in [-0.2, -0.15) is 0 Å². The van der Waals surface area contributed by atoms with Crippen molar-refractivity contribution in [3.63, 3.8) is 0 Å². The Kier molecular flexibility index (Phi) is 5.74. The molecule has 5 heteroatoms. The molecule has 0 spiro atoms. The first-order valence-corrected chi connectivity index (χ1v) is 9.02. The maximum atomic E-state index is 6.00. The van der Waals surface area contributed by atoms with Crippen LogP contribution in [0.5, 0.6) is 0 Å². The van der Waals surface area contributed by atoms with Gasteiger partial charge in [0.15, 0.2) is 4.67 Å². The number of hydrogen-bond donors (Lipinski definition) is 1. The van der Waals surface area contributed by atoms with E-state index < -0.39 is 0 Å². The quantitative estimate of drug-likeness (QED) is 0.768. The van der Waals surface area contributed by atoms with Gasteiger partial charge in [-0.05, 0) is 69.3 Å². The SMILES string of the molecule is CCC1(CC)CCN(C(CN)c2cc(Br)c(Br)o2)CC1. The Labute approximate surface area is 138 Å². The minimum atomic E-state index is 0.185. The van der Waals surface area contributed by atoms with Crippen LogP contribution in [0, 0.1) is 5.41 Å². The van der Waals surface area contributed by atoms with E-state index in [1.807, 2.05) is 6.07 Å². The lowest BCUT2D eigenvalue weighted by Gasteiger charge is -2.43. The largest absolute Gasteiger partial charge is 0.451 e. The normalized spacial score (nSPS) is 21.1. The average molecular weight is 408 g/mol. The number of furan rings is 1. The molecule has 1 atom stereocenters. The number of piperidine rings is 1. The van der Waals surface area contributed by atoms with Gasteiger partial charge in [0.2, 0.25) is 0 Å². The number of nitrogens with zero attached hydrogens (tertiary/aromatic N) is 1. The first kappa shape index (κ1) is 16.5. The minimum absolute atomic E-state index is 0.185. The van der Waals surface area contributed by atoms with Crippen LogP contribution in [0.4, 0.5) is 0 Å². The molecule has 0 saturated carbocycles. The van der Waals surface area contributed by atoms with E-state index in [0.717, 1.165) is 28.0 Å². The smallest absolute Gasteiger partial charge is 0.183 e. The first-order valence-electron chi connectivity index (χ1n) is 7.44. The summed E-state index contributed by atoms with van der Waals surface area (Å²) in [5, 5.41) is 0. The molecule has 20 heavy (non-hydrogen) atoms. The van der Waals surface area contributed by atoms with Crippen molar-refractivity contribution < 1.29 is 4.42 Å². The highest BCUT2D eigenvalue weighted by Crippen LogP contribution is 2.40. The number of likely N-dealkylation sites (tertiary alicyclic amines) is 1. The van der Waals surface area contributed by atoms with Crippen LogP contribution in [-0.2, 0) is 0 Å². The summed E-state index contributed by atoms with van der Waals surface area (Å²) >= 11 is 6.88. The topological polar surface area (TPSA) is 42.4 Å². The van der Waals surface area contributed by atoms with Gasteiger partial charge in [0.05, 0.1) is 10.5 Å². The third-order valence-electron chi connectivity index (χ3n) is 5.02. The van der Waals surface area contributed by atoms with E-state index in [1.165, 1.54) is 25.7 Å². The second-order valence-corrected chi connectivity index (χ2v) is 7.34. The van der Waals surface area contributed by atoms with E-state index in [2.05, 4.69) is 50.6 Å². The van der Waals surface area contributed by atoms with E-state index in [4.69, 9.17) is 10.2 Å². The van der Waals surface area contributed by atoms with Crippen LogP contribution in [-0.4, -0.2) is 24.5 Å². The van der Waals surface area contributed by atoms with Crippen molar-refractivity contribution in [1.82, 2.24) is 4.90 Å². The van der Waals surface area contributed by atoms with Gasteiger partial charge in [0.1, 0.15) is 5.76 Å². The van der Waals surface area contributed by atoms with E-state index in [-0.39, 0.29) is 6.04 Å². The molecule has 3 nitrogen and oxygen atoms in total. The number of nitrogens with two attached hydrogens (primary N) is 1. The summed E-state index contributed by atoms with van der Waals surface area (Å²) in [5.41, 5.74) is 6.54. The molecule has 114 valence electrons. The summed E-state index contributed by atoms with van der Waals surface area (Å²) in [6, 6.07) is 2.22. The third-order valence-corrected chi connectivity index (χ3v) is 6.73. The van der Waals surface area contributed by atoms with Crippen molar-refractivity contribution >= 4 is 31.9 Å². The highest BCUT2D eigenvalue weighted by molar-refractivity contribution is 9.13. The Bertz CT molecular complexity index is 414. The molecule has 1 unspecified atom stereocenters. The fourth-order valence-electron chi connectivity index (χ4n) is 3.24. The van der Waals surface area contributed by atoms with Crippen LogP contribution >= 0.6 is 31.9 Å². The number of halogens is 2.